The summed E-state index contributed by atoms with van der Waals surface area (Å²) in [4.78, 5) is 4.05. The Bertz CT molecular complexity index is 427. The molecule has 0 aliphatic heterocycles. The Hall–Kier alpha value is -1.40. The smallest absolute Gasteiger partial charge is 0.0703 e. The Morgan fingerprint density at radius 1 is 1.39 bits per heavy atom. The number of pyridine rings is 1. The molecule has 0 spiro atoms. The summed E-state index contributed by atoms with van der Waals surface area (Å²) < 4.78 is 0. The van der Waals surface area contributed by atoms with Crippen LogP contribution in [0.15, 0.2) is 24.5 Å². The van der Waals surface area contributed by atoms with E-state index in [0.717, 1.165) is 25.9 Å². The van der Waals surface area contributed by atoms with E-state index in [-0.39, 0.29) is 10.8 Å². The first kappa shape index (κ1) is 13.0. The molecule has 0 radical (unpaired) electrons. The number of hydrogen-bond acceptors (Lipinski definition) is 3. The van der Waals surface area contributed by atoms with E-state index in [1.807, 2.05) is 12.4 Å². The van der Waals surface area contributed by atoms with E-state index >= 15 is 0 Å². The van der Waals surface area contributed by atoms with Gasteiger partial charge in [-0.15, -0.1) is 0 Å². The van der Waals surface area contributed by atoms with Crippen LogP contribution in [-0.2, 0) is 5.41 Å². The van der Waals surface area contributed by atoms with Crippen LogP contribution in [-0.4, -0.2) is 18.1 Å². The maximum atomic E-state index is 9.18. The summed E-state index contributed by atoms with van der Waals surface area (Å²) in [5.74, 6) is 0. The molecule has 1 N–H and O–H groups in total. The van der Waals surface area contributed by atoms with Gasteiger partial charge in [-0.2, -0.15) is 5.26 Å². The van der Waals surface area contributed by atoms with Gasteiger partial charge in [0.05, 0.1) is 11.5 Å². The number of hydrogen-bond donors (Lipinski definition) is 1. The van der Waals surface area contributed by atoms with E-state index in [0.29, 0.717) is 0 Å². The van der Waals surface area contributed by atoms with E-state index in [4.69, 9.17) is 0 Å². The standard InChI is InChI=1S/C15H21N3/c1-14(2,13-4-8-17-9-5-13)11-18-12-15(10-16)6-3-7-15/h4-5,8-9,18H,3,6-7,11-12H2,1-2H3. The van der Waals surface area contributed by atoms with Gasteiger partial charge >= 0.3 is 0 Å². The molecule has 3 heteroatoms. The van der Waals surface area contributed by atoms with E-state index < -0.39 is 0 Å². The van der Waals surface area contributed by atoms with E-state index in [1.165, 1.54) is 12.0 Å². The van der Waals surface area contributed by atoms with Crippen molar-refractivity contribution in [1.82, 2.24) is 10.3 Å². The zero-order valence-electron chi connectivity index (χ0n) is 11.2. The van der Waals surface area contributed by atoms with Crippen LogP contribution in [0.25, 0.3) is 0 Å². The predicted octanol–water partition coefficient (Wildman–Crippen LogP) is 2.64. The number of nitrogens with zero attached hydrogens (tertiary/aromatic N) is 2. The third-order valence-electron chi connectivity index (χ3n) is 4.04. The van der Waals surface area contributed by atoms with Crippen LogP contribution in [0.4, 0.5) is 0 Å². The molecule has 18 heavy (non-hydrogen) atoms. The Morgan fingerprint density at radius 3 is 2.56 bits per heavy atom. The van der Waals surface area contributed by atoms with Crippen LogP contribution in [0.5, 0.6) is 0 Å². The summed E-state index contributed by atoms with van der Waals surface area (Å²) in [7, 11) is 0. The van der Waals surface area contributed by atoms with Gasteiger partial charge in [0.1, 0.15) is 0 Å². The van der Waals surface area contributed by atoms with Crippen molar-refractivity contribution in [3.05, 3.63) is 30.1 Å². The van der Waals surface area contributed by atoms with Crippen LogP contribution in [0.3, 0.4) is 0 Å². The molecular formula is C15H21N3. The summed E-state index contributed by atoms with van der Waals surface area (Å²) in [5, 5.41) is 12.7. The van der Waals surface area contributed by atoms with Gasteiger partial charge in [0.25, 0.3) is 0 Å². The fourth-order valence-corrected chi connectivity index (χ4v) is 2.45. The summed E-state index contributed by atoms with van der Waals surface area (Å²) in [6.45, 7) is 6.14. The largest absolute Gasteiger partial charge is 0.314 e. The average molecular weight is 243 g/mol. The zero-order valence-corrected chi connectivity index (χ0v) is 11.2. The highest BCUT2D eigenvalue weighted by molar-refractivity contribution is 5.21. The minimum absolute atomic E-state index is 0.0728. The lowest BCUT2D eigenvalue weighted by Gasteiger charge is -2.36. The van der Waals surface area contributed by atoms with Gasteiger partial charge in [-0.25, -0.2) is 0 Å². The molecule has 0 atom stereocenters. The molecular weight excluding hydrogens is 222 g/mol. The molecule has 1 aromatic heterocycles. The molecule has 1 saturated carbocycles. The van der Waals surface area contributed by atoms with Gasteiger partial charge < -0.3 is 5.32 Å². The molecule has 2 rings (SSSR count). The second-order valence-corrected chi connectivity index (χ2v) is 5.97. The molecule has 0 unspecified atom stereocenters. The minimum atomic E-state index is -0.0890. The fraction of sp³-hybridized carbons (Fsp3) is 0.600. The molecule has 1 fully saturated rings. The highest BCUT2D eigenvalue weighted by Gasteiger charge is 2.37. The Morgan fingerprint density at radius 2 is 2.06 bits per heavy atom. The predicted molar refractivity (Wildman–Crippen MR) is 72.0 cm³/mol. The SMILES string of the molecule is CC(C)(CNCC1(C#N)CCC1)c1ccncc1. The molecule has 1 heterocycles. The number of nitriles is 1. The van der Waals surface area contributed by atoms with Gasteiger partial charge in [-0.1, -0.05) is 20.3 Å². The maximum Gasteiger partial charge on any atom is 0.0703 e. The van der Waals surface area contributed by atoms with Crippen molar-refractivity contribution in [2.24, 2.45) is 5.41 Å². The lowest BCUT2D eigenvalue weighted by atomic mass is 9.70. The van der Waals surface area contributed by atoms with Crippen molar-refractivity contribution in [2.45, 2.75) is 38.5 Å². The van der Waals surface area contributed by atoms with Crippen LogP contribution < -0.4 is 5.32 Å². The van der Waals surface area contributed by atoms with Gasteiger partial charge in [-0.3, -0.25) is 4.98 Å². The van der Waals surface area contributed by atoms with Gasteiger partial charge in [0.15, 0.2) is 0 Å². The normalized spacial score (nSPS) is 17.8. The third-order valence-corrected chi connectivity index (χ3v) is 4.04. The first-order chi connectivity index (χ1) is 8.58. The molecule has 0 amide bonds. The molecule has 0 aromatic carbocycles. The van der Waals surface area contributed by atoms with Crippen molar-refractivity contribution in [3.8, 4) is 6.07 Å². The molecule has 1 aromatic rings. The number of rotatable bonds is 5. The number of aromatic nitrogens is 1. The summed E-state index contributed by atoms with van der Waals surface area (Å²) in [6.07, 6.45) is 6.96. The van der Waals surface area contributed by atoms with Gasteiger partial charge in [0.2, 0.25) is 0 Å². The molecule has 3 nitrogen and oxygen atoms in total. The second kappa shape index (κ2) is 5.07. The minimum Gasteiger partial charge on any atom is -0.314 e. The lowest BCUT2D eigenvalue weighted by Crippen LogP contribution is -2.43. The zero-order chi connectivity index (χ0) is 13.1. The monoisotopic (exact) mass is 243 g/mol. The van der Waals surface area contributed by atoms with Crippen LogP contribution in [0.2, 0.25) is 0 Å². The first-order valence-corrected chi connectivity index (χ1v) is 6.61. The van der Waals surface area contributed by atoms with Crippen LogP contribution >= 0.6 is 0 Å². The molecule has 96 valence electrons. The van der Waals surface area contributed by atoms with Crippen molar-refractivity contribution >= 4 is 0 Å². The number of nitrogens with one attached hydrogen (secondary N) is 1. The van der Waals surface area contributed by atoms with Crippen molar-refractivity contribution < 1.29 is 0 Å². The first-order valence-electron chi connectivity index (χ1n) is 6.61. The summed E-state index contributed by atoms with van der Waals surface area (Å²) in [6, 6.07) is 6.59. The highest BCUT2D eigenvalue weighted by atomic mass is 14.9. The summed E-state index contributed by atoms with van der Waals surface area (Å²) in [5.41, 5.74) is 1.27. The Balaban J connectivity index is 1.88. The Kier molecular flexibility index (Phi) is 3.68. The van der Waals surface area contributed by atoms with Crippen molar-refractivity contribution in [3.63, 3.8) is 0 Å². The van der Waals surface area contributed by atoms with Crippen LogP contribution in [0, 0.1) is 16.7 Å². The molecule has 1 aliphatic carbocycles. The average Bonchev–Trinajstić information content (AvgIpc) is 2.34. The summed E-state index contributed by atoms with van der Waals surface area (Å²) >= 11 is 0. The lowest BCUT2D eigenvalue weighted by molar-refractivity contribution is 0.203. The topological polar surface area (TPSA) is 48.7 Å². The quantitative estimate of drug-likeness (QED) is 0.865. The van der Waals surface area contributed by atoms with E-state index in [2.05, 4.69) is 42.4 Å². The van der Waals surface area contributed by atoms with Gasteiger partial charge in [-0.05, 0) is 30.5 Å². The van der Waals surface area contributed by atoms with E-state index in [1.54, 1.807) is 0 Å². The van der Waals surface area contributed by atoms with E-state index in [9.17, 15) is 5.26 Å². The second-order valence-electron chi connectivity index (χ2n) is 5.97. The third kappa shape index (κ3) is 2.70. The van der Waals surface area contributed by atoms with Crippen molar-refractivity contribution in [1.29, 1.82) is 5.26 Å². The van der Waals surface area contributed by atoms with Gasteiger partial charge in [0, 0.05) is 30.9 Å². The molecule has 1 aliphatic rings. The molecule has 0 saturated heterocycles. The van der Waals surface area contributed by atoms with Crippen molar-refractivity contribution in [2.75, 3.05) is 13.1 Å². The highest BCUT2D eigenvalue weighted by Crippen LogP contribution is 2.39. The van der Waals surface area contributed by atoms with Crippen LogP contribution in [0.1, 0.15) is 38.7 Å². The molecule has 0 bridgehead atoms. The Labute approximate surface area is 109 Å². The fourth-order valence-electron chi connectivity index (χ4n) is 2.45. The maximum absolute atomic E-state index is 9.18.